The Balaban J connectivity index is 2.13. The number of ether oxygens (including phenoxy) is 1. The summed E-state index contributed by atoms with van der Waals surface area (Å²) in [4.78, 5) is 0. The van der Waals surface area contributed by atoms with E-state index in [1.165, 1.54) is 0 Å². The molecular weight excluding hydrogens is 216 g/mol. The molecule has 1 aromatic rings. The van der Waals surface area contributed by atoms with E-state index in [2.05, 4.69) is 5.32 Å². The van der Waals surface area contributed by atoms with Crippen molar-refractivity contribution in [2.45, 2.75) is 38.3 Å². The predicted molar refractivity (Wildman–Crippen MR) is 69.3 cm³/mol. The van der Waals surface area contributed by atoms with Gasteiger partial charge in [-0.2, -0.15) is 0 Å². The summed E-state index contributed by atoms with van der Waals surface area (Å²) < 4.78 is 5.63. The molecule has 0 unspecified atom stereocenters. The number of benzene rings is 1. The molecule has 4 heteroatoms. The number of nitrogen functional groups attached to an aromatic ring is 1. The smallest absolute Gasteiger partial charge is 0.144 e. The van der Waals surface area contributed by atoms with E-state index in [0.717, 1.165) is 18.5 Å². The first-order chi connectivity index (χ1) is 8.04. The molecule has 4 nitrogen and oxygen atoms in total. The Morgan fingerprint density at radius 2 is 2.18 bits per heavy atom. The second-order valence-electron chi connectivity index (χ2n) is 4.98. The van der Waals surface area contributed by atoms with Crippen molar-refractivity contribution >= 4 is 11.4 Å². The molecule has 1 aromatic carbocycles. The van der Waals surface area contributed by atoms with Crippen molar-refractivity contribution in [2.75, 3.05) is 17.7 Å². The fourth-order valence-corrected chi connectivity index (χ4v) is 1.75. The highest BCUT2D eigenvalue weighted by atomic mass is 16.5. The SMILES string of the molecule is CC(C)Oc1cc(NC2(CO)CC2)ccc1N. The van der Waals surface area contributed by atoms with Gasteiger partial charge in [-0.1, -0.05) is 0 Å². The van der Waals surface area contributed by atoms with Gasteiger partial charge in [0.25, 0.3) is 0 Å². The van der Waals surface area contributed by atoms with Gasteiger partial charge < -0.3 is 20.9 Å². The van der Waals surface area contributed by atoms with Crippen LogP contribution in [0.15, 0.2) is 18.2 Å². The Hall–Kier alpha value is -1.42. The molecule has 0 radical (unpaired) electrons. The summed E-state index contributed by atoms with van der Waals surface area (Å²) >= 11 is 0. The molecule has 4 N–H and O–H groups in total. The Labute approximate surface area is 102 Å². The zero-order chi connectivity index (χ0) is 12.5. The number of nitrogens with two attached hydrogens (primary N) is 1. The lowest BCUT2D eigenvalue weighted by Crippen LogP contribution is -2.25. The lowest BCUT2D eigenvalue weighted by atomic mass is 10.2. The van der Waals surface area contributed by atoms with Crippen LogP contribution in [-0.4, -0.2) is 23.4 Å². The van der Waals surface area contributed by atoms with Crippen LogP contribution in [0.25, 0.3) is 0 Å². The molecule has 0 heterocycles. The Morgan fingerprint density at radius 3 is 2.71 bits per heavy atom. The normalized spacial score (nSPS) is 16.9. The van der Waals surface area contributed by atoms with Crippen molar-refractivity contribution in [2.24, 2.45) is 0 Å². The Morgan fingerprint density at radius 1 is 1.47 bits per heavy atom. The fraction of sp³-hybridized carbons (Fsp3) is 0.538. The second-order valence-corrected chi connectivity index (χ2v) is 4.98. The summed E-state index contributed by atoms with van der Waals surface area (Å²) in [5.41, 5.74) is 7.31. The van der Waals surface area contributed by atoms with E-state index in [9.17, 15) is 5.11 Å². The second kappa shape index (κ2) is 4.45. The van der Waals surface area contributed by atoms with Crippen LogP contribution in [0.2, 0.25) is 0 Å². The van der Waals surface area contributed by atoms with E-state index < -0.39 is 0 Å². The molecule has 2 rings (SSSR count). The van der Waals surface area contributed by atoms with E-state index in [1.54, 1.807) is 0 Å². The Kier molecular flexibility index (Phi) is 3.15. The number of rotatable bonds is 5. The van der Waals surface area contributed by atoms with Crippen LogP contribution in [0.1, 0.15) is 26.7 Å². The lowest BCUT2D eigenvalue weighted by molar-refractivity contribution is 0.244. The molecule has 17 heavy (non-hydrogen) atoms. The molecule has 0 aliphatic heterocycles. The summed E-state index contributed by atoms with van der Waals surface area (Å²) in [6.45, 7) is 4.10. The summed E-state index contributed by atoms with van der Waals surface area (Å²) in [5, 5.41) is 12.6. The van der Waals surface area contributed by atoms with E-state index >= 15 is 0 Å². The van der Waals surface area contributed by atoms with Crippen LogP contribution >= 0.6 is 0 Å². The number of aliphatic hydroxyl groups excluding tert-OH is 1. The maximum absolute atomic E-state index is 9.27. The van der Waals surface area contributed by atoms with Crippen LogP contribution in [-0.2, 0) is 0 Å². The van der Waals surface area contributed by atoms with Gasteiger partial charge in [0, 0.05) is 11.8 Å². The first-order valence-electron chi connectivity index (χ1n) is 6.00. The molecule has 0 amide bonds. The average molecular weight is 236 g/mol. The monoisotopic (exact) mass is 236 g/mol. The number of hydrogen-bond acceptors (Lipinski definition) is 4. The van der Waals surface area contributed by atoms with E-state index in [1.807, 2.05) is 32.0 Å². The van der Waals surface area contributed by atoms with Crippen molar-refractivity contribution in [3.8, 4) is 5.75 Å². The maximum Gasteiger partial charge on any atom is 0.144 e. The molecule has 0 atom stereocenters. The fourth-order valence-electron chi connectivity index (χ4n) is 1.75. The van der Waals surface area contributed by atoms with Crippen LogP contribution in [0.3, 0.4) is 0 Å². The minimum Gasteiger partial charge on any atom is -0.489 e. The molecule has 0 saturated heterocycles. The molecule has 1 aliphatic carbocycles. The van der Waals surface area contributed by atoms with E-state index in [-0.39, 0.29) is 18.2 Å². The first-order valence-corrected chi connectivity index (χ1v) is 6.00. The van der Waals surface area contributed by atoms with Gasteiger partial charge in [0.1, 0.15) is 5.75 Å². The summed E-state index contributed by atoms with van der Waals surface area (Å²) in [6, 6.07) is 5.64. The molecule has 0 aromatic heterocycles. The van der Waals surface area contributed by atoms with Gasteiger partial charge in [0.15, 0.2) is 0 Å². The van der Waals surface area contributed by atoms with Crippen LogP contribution in [0, 0.1) is 0 Å². The van der Waals surface area contributed by atoms with Crippen molar-refractivity contribution < 1.29 is 9.84 Å². The van der Waals surface area contributed by atoms with Crippen molar-refractivity contribution in [3.05, 3.63) is 18.2 Å². The van der Waals surface area contributed by atoms with Crippen molar-refractivity contribution in [3.63, 3.8) is 0 Å². The van der Waals surface area contributed by atoms with Crippen LogP contribution in [0.5, 0.6) is 5.75 Å². The molecule has 0 bridgehead atoms. The van der Waals surface area contributed by atoms with Gasteiger partial charge in [-0.05, 0) is 38.8 Å². The highest BCUT2D eigenvalue weighted by molar-refractivity contribution is 5.62. The maximum atomic E-state index is 9.27. The summed E-state index contributed by atoms with van der Waals surface area (Å²) in [7, 11) is 0. The van der Waals surface area contributed by atoms with Gasteiger partial charge in [0.2, 0.25) is 0 Å². The molecule has 94 valence electrons. The third-order valence-corrected chi connectivity index (χ3v) is 2.94. The summed E-state index contributed by atoms with van der Waals surface area (Å²) in [5.74, 6) is 0.693. The highest BCUT2D eigenvalue weighted by Crippen LogP contribution is 2.39. The number of hydrogen-bond donors (Lipinski definition) is 3. The average Bonchev–Trinajstić information content (AvgIpc) is 3.03. The third-order valence-electron chi connectivity index (χ3n) is 2.94. The first kappa shape index (κ1) is 12.0. The number of aliphatic hydroxyl groups is 1. The zero-order valence-electron chi connectivity index (χ0n) is 10.4. The standard InChI is InChI=1S/C13H20N2O2/c1-9(2)17-12-7-10(3-4-11(12)14)15-13(8-16)5-6-13/h3-4,7,9,15-16H,5-6,8,14H2,1-2H3. The van der Waals surface area contributed by atoms with Crippen molar-refractivity contribution in [1.29, 1.82) is 0 Å². The largest absolute Gasteiger partial charge is 0.489 e. The van der Waals surface area contributed by atoms with E-state index in [0.29, 0.717) is 11.4 Å². The van der Waals surface area contributed by atoms with Gasteiger partial charge in [-0.3, -0.25) is 0 Å². The molecule has 1 saturated carbocycles. The Bertz CT molecular complexity index is 400. The minimum absolute atomic E-state index is 0.0975. The quantitative estimate of drug-likeness (QED) is 0.684. The van der Waals surface area contributed by atoms with Crippen LogP contribution in [0.4, 0.5) is 11.4 Å². The summed E-state index contributed by atoms with van der Waals surface area (Å²) in [6.07, 6.45) is 2.11. The lowest BCUT2D eigenvalue weighted by Gasteiger charge is -2.18. The van der Waals surface area contributed by atoms with Gasteiger partial charge in [-0.25, -0.2) is 0 Å². The molecular formula is C13H20N2O2. The molecule has 1 fully saturated rings. The topological polar surface area (TPSA) is 67.5 Å². The van der Waals surface area contributed by atoms with Crippen LogP contribution < -0.4 is 15.8 Å². The highest BCUT2D eigenvalue weighted by Gasteiger charge is 2.41. The number of anilines is 2. The third kappa shape index (κ3) is 2.82. The van der Waals surface area contributed by atoms with Gasteiger partial charge >= 0.3 is 0 Å². The minimum atomic E-state index is -0.120. The zero-order valence-corrected chi connectivity index (χ0v) is 10.4. The molecule has 0 spiro atoms. The van der Waals surface area contributed by atoms with Crippen molar-refractivity contribution in [1.82, 2.24) is 0 Å². The van der Waals surface area contributed by atoms with E-state index in [4.69, 9.17) is 10.5 Å². The van der Waals surface area contributed by atoms with Gasteiger partial charge in [0.05, 0.1) is 23.9 Å². The molecule has 1 aliphatic rings. The van der Waals surface area contributed by atoms with Gasteiger partial charge in [-0.15, -0.1) is 0 Å². The number of nitrogens with one attached hydrogen (secondary N) is 1. The predicted octanol–water partition coefficient (Wildman–Crippen LogP) is 1.99.